The Labute approximate surface area is 166 Å². The van der Waals surface area contributed by atoms with Crippen LogP contribution in [0.1, 0.15) is 30.4 Å². The van der Waals surface area contributed by atoms with Crippen molar-refractivity contribution in [2.45, 2.75) is 33.6 Å². The number of halogens is 1. The highest BCUT2D eigenvalue weighted by atomic mass is 127. The van der Waals surface area contributed by atoms with Crippen LogP contribution in [0.2, 0.25) is 0 Å². The van der Waals surface area contributed by atoms with E-state index in [0.717, 1.165) is 43.3 Å². The molecule has 1 aromatic heterocycles. The number of methoxy groups -OCH3 is 1. The van der Waals surface area contributed by atoms with Crippen LogP contribution < -0.4 is 5.32 Å². The Balaban J connectivity index is 0.00000312. The van der Waals surface area contributed by atoms with Crippen LogP contribution in [0.25, 0.3) is 0 Å². The number of esters is 1. The van der Waals surface area contributed by atoms with Gasteiger partial charge in [-0.3, -0.25) is 9.79 Å². The fourth-order valence-electron chi connectivity index (χ4n) is 3.25. The Morgan fingerprint density at radius 1 is 1.44 bits per heavy atom. The van der Waals surface area contributed by atoms with Gasteiger partial charge in [-0.1, -0.05) is 12.1 Å². The first-order valence-corrected chi connectivity index (χ1v) is 8.43. The number of aliphatic imine (C=N–C) groups is 1. The summed E-state index contributed by atoms with van der Waals surface area (Å²) in [5.74, 6) is 1.77. The van der Waals surface area contributed by atoms with Gasteiger partial charge in [0.15, 0.2) is 5.96 Å². The Kier molecular flexibility index (Phi) is 8.67. The molecule has 1 N–H and O–H groups in total. The molecule has 0 saturated carbocycles. The fraction of sp³-hybridized carbons (Fsp3) is 0.706. The number of carbonyl (C=O) groups is 1. The summed E-state index contributed by atoms with van der Waals surface area (Å²) in [5.41, 5.74) is 2.15. The summed E-state index contributed by atoms with van der Waals surface area (Å²) in [6.45, 7) is 8.26. The van der Waals surface area contributed by atoms with Crippen molar-refractivity contribution < 1.29 is 14.1 Å². The second-order valence-electron chi connectivity index (χ2n) is 6.39. The van der Waals surface area contributed by atoms with E-state index in [0.29, 0.717) is 6.54 Å². The number of rotatable bonds is 5. The van der Waals surface area contributed by atoms with Crippen molar-refractivity contribution in [1.29, 1.82) is 0 Å². The van der Waals surface area contributed by atoms with Gasteiger partial charge in [-0.25, -0.2) is 0 Å². The van der Waals surface area contributed by atoms with E-state index in [2.05, 4.69) is 27.3 Å². The largest absolute Gasteiger partial charge is 0.469 e. The standard InChI is InChI=1S/C17H28N4O3.HI/c1-11-9-21(10-15(11)16(22)23-5)17(18-4)19-8-6-7-14-12(2)20-24-13(14)3;/h11,15H,6-10H2,1-5H3,(H,18,19);1H. The molecule has 0 aromatic carbocycles. The number of nitrogens with one attached hydrogen (secondary N) is 1. The summed E-state index contributed by atoms with van der Waals surface area (Å²) in [7, 11) is 3.21. The molecule has 2 rings (SSSR count). The van der Waals surface area contributed by atoms with Crippen molar-refractivity contribution in [3.63, 3.8) is 0 Å². The molecular formula is C17H29IN4O3. The highest BCUT2D eigenvalue weighted by Gasteiger charge is 2.36. The summed E-state index contributed by atoms with van der Waals surface area (Å²) < 4.78 is 10.1. The molecule has 2 atom stereocenters. The first-order valence-electron chi connectivity index (χ1n) is 8.43. The summed E-state index contributed by atoms with van der Waals surface area (Å²) >= 11 is 0. The zero-order valence-corrected chi connectivity index (χ0v) is 18.0. The van der Waals surface area contributed by atoms with Gasteiger partial charge < -0.3 is 19.5 Å². The molecule has 1 aromatic rings. The van der Waals surface area contributed by atoms with Gasteiger partial charge in [0, 0.05) is 32.2 Å². The highest BCUT2D eigenvalue weighted by molar-refractivity contribution is 14.0. The van der Waals surface area contributed by atoms with Crippen LogP contribution in [0.4, 0.5) is 0 Å². The third-order valence-corrected chi connectivity index (χ3v) is 4.70. The summed E-state index contributed by atoms with van der Waals surface area (Å²) in [6.07, 6.45) is 1.89. The quantitative estimate of drug-likeness (QED) is 0.237. The average molecular weight is 464 g/mol. The fourth-order valence-corrected chi connectivity index (χ4v) is 3.25. The number of nitrogens with zero attached hydrogens (tertiary/aromatic N) is 3. The van der Waals surface area contributed by atoms with E-state index in [1.807, 2.05) is 13.8 Å². The molecule has 0 spiro atoms. The van der Waals surface area contributed by atoms with Crippen LogP contribution in [0.15, 0.2) is 9.52 Å². The molecule has 1 saturated heterocycles. The van der Waals surface area contributed by atoms with E-state index in [9.17, 15) is 4.79 Å². The van der Waals surface area contributed by atoms with Crippen LogP contribution in [0, 0.1) is 25.7 Å². The van der Waals surface area contributed by atoms with Gasteiger partial charge in [-0.05, 0) is 32.6 Å². The Hall–Kier alpha value is -1.32. The van der Waals surface area contributed by atoms with Gasteiger partial charge in [-0.15, -0.1) is 24.0 Å². The lowest BCUT2D eigenvalue weighted by atomic mass is 9.99. The Bertz CT molecular complexity index is 583. The molecule has 0 radical (unpaired) electrons. The Morgan fingerprint density at radius 2 is 2.16 bits per heavy atom. The molecular weight excluding hydrogens is 435 g/mol. The van der Waals surface area contributed by atoms with Crippen molar-refractivity contribution in [3.8, 4) is 0 Å². The third-order valence-electron chi connectivity index (χ3n) is 4.70. The molecule has 142 valence electrons. The molecule has 2 unspecified atom stereocenters. The molecule has 1 aliphatic rings. The van der Waals surface area contributed by atoms with Gasteiger partial charge in [-0.2, -0.15) is 0 Å². The van der Waals surface area contributed by atoms with Crippen LogP contribution >= 0.6 is 24.0 Å². The highest BCUT2D eigenvalue weighted by Crippen LogP contribution is 2.24. The minimum atomic E-state index is -0.140. The van der Waals surface area contributed by atoms with Crippen LogP contribution in [-0.4, -0.2) is 55.8 Å². The predicted molar refractivity (Wildman–Crippen MR) is 107 cm³/mol. The zero-order chi connectivity index (χ0) is 17.7. The molecule has 0 amide bonds. The lowest BCUT2D eigenvalue weighted by Gasteiger charge is -2.21. The zero-order valence-electron chi connectivity index (χ0n) is 15.7. The van der Waals surface area contributed by atoms with Gasteiger partial charge in [0.2, 0.25) is 0 Å². The van der Waals surface area contributed by atoms with Gasteiger partial charge >= 0.3 is 5.97 Å². The van der Waals surface area contributed by atoms with Crippen molar-refractivity contribution in [2.75, 3.05) is 33.8 Å². The maximum absolute atomic E-state index is 11.8. The molecule has 0 bridgehead atoms. The van der Waals surface area contributed by atoms with E-state index in [-0.39, 0.29) is 41.8 Å². The number of aromatic nitrogens is 1. The molecule has 7 nitrogen and oxygen atoms in total. The van der Waals surface area contributed by atoms with E-state index in [1.54, 1.807) is 7.05 Å². The maximum Gasteiger partial charge on any atom is 0.310 e. The van der Waals surface area contributed by atoms with Crippen LogP contribution in [0.3, 0.4) is 0 Å². The topological polar surface area (TPSA) is 80.0 Å². The average Bonchev–Trinajstić information content (AvgIpc) is 3.10. The van der Waals surface area contributed by atoms with E-state index < -0.39 is 0 Å². The number of hydrogen-bond donors (Lipinski definition) is 1. The van der Waals surface area contributed by atoms with Gasteiger partial charge in [0.25, 0.3) is 0 Å². The van der Waals surface area contributed by atoms with E-state index >= 15 is 0 Å². The molecule has 1 fully saturated rings. The lowest BCUT2D eigenvalue weighted by molar-refractivity contribution is -0.145. The van der Waals surface area contributed by atoms with Crippen molar-refractivity contribution in [2.24, 2.45) is 16.8 Å². The minimum absolute atomic E-state index is 0. The summed E-state index contributed by atoms with van der Waals surface area (Å²) in [6, 6.07) is 0. The monoisotopic (exact) mass is 464 g/mol. The maximum atomic E-state index is 11.8. The number of hydrogen-bond acceptors (Lipinski definition) is 5. The van der Waals surface area contributed by atoms with E-state index in [1.165, 1.54) is 12.7 Å². The molecule has 25 heavy (non-hydrogen) atoms. The second-order valence-corrected chi connectivity index (χ2v) is 6.39. The number of guanidine groups is 1. The second kappa shape index (κ2) is 9.98. The third kappa shape index (κ3) is 5.32. The number of aryl methyl sites for hydroxylation is 2. The lowest BCUT2D eigenvalue weighted by Crippen LogP contribution is -2.41. The van der Waals surface area contributed by atoms with Crippen molar-refractivity contribution in [3.05, 3.63) is 17.0 Å². The van der Waals surface area contributed by atoms with Crippen LogP contribution in [-0.2, 0) is 16.0 Å². The molecule has 1 aliphatic heterocycles. The minimum Gasteiger partial charge on any atom is -0.469 e. The SMILES string of the molecule is CN=C(NCCCc1c(C)noc1C)N1CC(C)C(C(=O)OC)C1.I. The van der Waals surface area contributed by atoms with Crippen LogP contribution in [0.5, 0.6) is 0 Å². The normalized spacial score (nSPS) is 20.4. The predicted octanol–water partition coefficient (Wildman–Crippen LogP) is 2.16. The molecule has 0 aliphatic carbocycles. The molecule has 8 heteroatoms. The summed E-state index contributed by atoms with van der Waals surface area (Å²) in [4.78, 5) is 18.3. The first-order chi connectivity index (χ1) is 11.5. The van der Waals surface area contributed by atoms with Gasteiger partial charge in [0.05, 0.1) is 18.7 Å². The number of ether oxygens (including phenoxy) is 1. The number of likely N-dealkylation sites (tertiary alicyclic amines) is 1. The van der Waals surface area contributed by atoms with Crippen molar-refractivity contribution in [1.82, 2.24) is 15.4 Å². The van der Waals surface area contributed by atoms with Gasteiger partial charge in [0.1, 0.15) is 5.76 Å². The smallest absolute Gasteiger partial charge is 0.310 e. The molecule has 2 heterocycles. The first kappa shape index (κ1) is 21.7. The Morgan fingerprint density at radius 3 is 2.72 bits per heavy atom. The summed E-state index contributed by atoms with van der Waals surface area (Å²) in [5, 5.41) is 7.36. The van der Waals surface area contributed by atoms with Crippen molar-refractivity contribution >= 4 is 35.9 Å². The van der Waals surface area contributed by atoms with E-state index in [4.69, 9.17) is 9.26 Å². The number of carbonyl (C=O) groups excluding carboxylic acids is 1.